The standard InChI is InChI=1S/C5H11N3S/c1-5(2)6-4(9)7-8(5)3/h1-3H3,(H2,6,7,9). The van der Waals surface area contributed by atoms with Gasteiger partial charge in [0, 0.05) is 7.05 Å². The molecular formula is C5H11N3S. The van der Waals surface area contributed by atoms with Crippen LogP contribution in [0.25, 0.3) is 0 Å². The smallest absolute Gasteiger partial charge is 0.182 e. The molecule has 0 atom stereocenters. The Hall–Kier alpha value is -0.350. The van der Waals surface area contributed by atoms with Crippen LogP contribution < -0.4 is 10.7 Å². The maximum absolute atomic E-state index is 4.88. The molecule has 0 amide bonds. The molecule has 0 unspecified atom stereocenters. The number of nitrogens with zero attached hydrogens (tertiary/aromatic N) is 1. The van der Waals surface area contributed by atoms with Crippen molar-refractivity contribution < 1.29 is 0 Å². The van der Waals surface area contributed by atoms with Crippen molar-refractivity contribution in [3.63, 3.8) is 0 Å². The van der Waals surface area contributed by atoms with Crippen LogP contribution in [-0.4, -0.2) is 22.8 Å². The van der Waals surface area contributed by atoms with Gasteiger partial charge in [0.2, 0.25) is 0 Å². The van der Waals surface area contributed by atoms with E-state index < -0.39 is 0 Å². The second-order valence-corrected chi connectivity index (χ2v) is 3.09. The molecule has 0 aromatic rings. The first-order valence-corrected chi connectivity index (χ1v) is 3.26. The Kier molecular flexibility index (Phi) is 1.36. The Morgan fingerprint density at radius 1 is 1.56 bits per heavy atom. The molecule has 3 nitrogen and oxygen atoms in total. The molecule has 1 rings (SSSR count). The summed E-state index contributed by atoms with van der Waals surface area (Å²) in [6.07, 6.45) is 0. The summed E-state index contributed by atoms with van der Waals surface area (Å²) in [5, 5.41) is 5.73. The summed E-state index contributed by atoms with van der Waals surface area (Å²) in [5.41, 5.74) is 2.92. The second-order valence-electron chi connectivity index (χ2n) is 2.68. The minimum absolute atomic E-state index is 0.0446. The van der Waals surface area contributed by atoms with Gasteiger partial charge in [-0.25, -0.2) is 5.01 Å². The van der Waals surface area contributed by atoms with Gasteiger partial charge in [0.15, 0.2) is 5.11 Å². The molecule has 1 aliphatic rings. The molecule has 4 heteroatoms. The quantitative estimate of drug-likeness (QED) is 0.471. The molecule has 1 aliphatic heterocycles. The fourth-order valence-corrected chi connectivity index (χ4v) is 1.07. The third-order valence-corrected chi connectivity index (χ3v) is 1.72. The van der Waals surface area contributed by atoms with Gasteiger partial charge in [0.1, 0.15) is 5.66 Å². The zero-order valence-corrected chi connectivity index (χ0v) is 6.67. The third kappa shape index (κ3) is 1.14. The number of thiocarbonyl (C=S) groups is 1. The fourth-order valence-electron chi connectivity index (χ4n) is 0.682. The van der Waals surface area contributed by atoms with Crippen LogP contribution in [0.4, 0.5) is 0 Å². The number of hydrogen-bond donors (Lipinski definition) is 2. The van der Waals surface area contributed by atoms with E-state index in [-0.39, 0.29) is 5.66 Å². The van der Waals surface area contributed by atoms with Gasteiger partial charge in [0.05, 0.1) is 0 Å². The number of rotatable bonds is 0. The summed E-state index contributed by atoms with van der Waals surface area (Å²) in [7, 11) is 1.95. The first-order chi connectivity index (χ1) is 4.02. The van der Waals surface area contributed by atoms with E-state index in [1.807, 2.05) is 12.1 Å². The van der Waals surface area contributed by atoms with Crippen LogP contribution in [0.15, 0.2) is 0 Å². The molecule has 0 bridgehead atoms. The molecule has 2 N–H and O–H groups in total. The van der Waals surface area contributed by atoms with Crippen LogP contribution in [0, 0.1) is 0 Å². The van der Waals surface area contributed by atoms with Gasteiger partial charge in [-0.3, -0.25) is 5.43 Å². The lowest BCUT2D eigenvalue weighted by Crippen LogP contribution is -2.45. The second kappa shape index (κ2) is 1.82. The Balaban J connectivity index is 2.69. The number of hydrogen-bond acceptors (Lipinski definition) is 2. The van der Waals surface area contributed by atoms with Crippen LogP contribution in [0.3, 0.4) is 0 Å². The molecular weight excluding hydrogens is 134 g/mol. The lowest BCUT2D eigenvalue weighted by Gasteiger charge is -2.24. The highest BCUT2D eigenvalue weighted by atomic mass is 32.1. The monoisotopic (exact) mass is 145 g/mol. The van der Waals surface area contributed by atoms with E-state index in [0.29, 0.717) is 5.11 Å². The molecule has 0 aliphatic carbocycles. The SMILES string of the molecule is CN1NC(=S)NC1(C)C. The summed E-state index contributed by atoms with van der Waals surface area (Å²) >= 11 is 4.88. The minimum Gasteiger partial charge on any atom is -0.342 e. The van der Waals surface area contributed by atoms with E-state index in [1.165, 1.54) is 0 Å². The molecule has 0 radical (unpaired) electrons. The minimum atomic E-state index is -0.0446. The average molecular weight is 145 g/mol. The zero-order chi connectivity index (χ0) is 7.07. The summed E-state index contributed by atoms with van der Waals surface area (Å²) in [6.45, 7) is 4.11. The highest BCUT2D eigenvalue weighted by Crippen LogP contribution is 2.09. The van der Waals surface area contributed by atoms with E-state index in [2.05, 4.69) is 24.6 Å². The van der Waals surface area contributed by atoms with Crippen LogP contribution in [0.5, 0.6) is 0 Å². The van der Waals surface area contributed by atoms with E-state index in [9.17, 15) is 0 Å². The van der Waals surface area contributed by atoms with Gasteiger partial charge >= 0.3 is 0 Å². The normalized spacial score (nSPS) is 25.4. The summed E-state index contributed by atoms with van der Waals surface area (Å²) < 4.78 is 0. The highest BCUT2D eigenvalue weighted by Gasteiger charge is 2.30. The summed E-state index contributed by atoms with van der Waals surface area (Å²) in [4.78, 5) is 0. The predicted octanol–water partition coefficient (Wildman–Crippen LogP) is 0.0470. The van der Waals surface area contributed by atoms with Crippen LogP contribution in [0.1, 0.15) is 13.8 Å². The lowest BCUT2D eigenvalue weighted by atomic mass is 10.2. The van der Waals surface area contributed by atoms with E-state index in [4.69, 9.17) is 12.2 Å². The van der Waals surface area contributed by atoms with Crippen molar-refractivity contribution in [2.75, 3.05) is 7.05 Å². The highest BCUT2D eigenvalue weighted by molar-refractivity contribution is 7.80. The number of nitrogens with one attached hydrogen (secondary N) is 2. The molecule has 1 heterocycles. The summed E-state index contributed by atoms with van der Waals surface area (Å²) in [6, 6.07) is 0. The van der Waals surface area contributed by atoms with Crippen molar-refractivity contribution >= 4 is 17.3 Å². The molecule has 0 saturated carbocycles. The zero-order valence-electron chi connectivity index (χ0n) is 5.86. The van der Waals surface area contributed by atoms with E-state index in [1.54, 1.807) is 0 Å². The van der Waals surface area contributed by atoms with Crippen LogP contribution in [0.2, 0.25) is 0 Å². The Morgan fingerprint density at radius 2 is 2.11 bits per heavy atom. The van der Waals surface area contributed by atoms with Crippen LogP contribution in [-0.2, 0) is 0 Å². The first kappa shape index (κ1) is 6.77. The fraction of sp³-hybridized carbons (Fsp3) is 0.800. The van der Waals surface area contributed by atoms with Crippen molar-refractivity contribution in [3.8, 4) is 0 Å². The van der Waals surface area contributed by atoms with Gasteiger partial charge in [-0.15, -0.1) is 0 Å². The largest absolute Gasteiger partial charge is 0.342 e. The Bertz CT molecular complexity index is 143. The van der Waals surface area contributed by atoms with Gasteiger partial charge in [-0.1, -0.05) is 0 Å². The molecule has 1 saturated heterocycles. The maximum Gasteiger partial charge on any atom is 0.182 e. The van der Waals surface area contributed by atoms with Gasteiger partial charge in [-0.05, 0) is 26.1 Å². The average Bonchev–Trinajstić information content (AvgIpc) is 1.79. The van der Waals surface area contributed by atoms with Crippen LogP contribution >= 0.6 is 12.2 Å². The first-order valence-electron chi connectivity index (χ1n) is 2.85. The molecule has 52 valence electrons. The molecule has 0 aromatic carbocycles. The lowest BCUT2D eigenvalue weighted by molar-refractivity contribution is 0.151. The Labute approximate surface area is 60.4 Å². The van der Waals surface area contributed by atoms with Gasteiger partial charge < -0.3 is 5.32 Å². The predicted molar refractivity (Wildman–Crippen MR) is 40.7 cm³/mol. The van der Waals surface area contributed by atoms with Crippen molar-refractivity contribution in [3.05, 3.63) is 0 Å². The van der Waals surface area contributed by atoms with Crippen molar-refractivity contribution in [1.82, 2.24) is 15.8 Å². The van der Waals surface area contributed by atoms with Crippen molar-refractivity contribution in [2.24, 2.45) is 0 Å². The topological polar surface area (TPSA) is 27.3 Å². The molecule has 0 spiro atoms. The molecule has 9 heavy (non-hydrogen) atoms. The maximum atomic E-state index is 4.88. The van der Waals surface area contributed by atoms with Gasteiger partial charge in [-0.2, -0.15) is 0 Å². The summed E-state index contributed by atoms with van der Waals surface area (Å²) in [5.74, 6) is 0. The number of hydrazine groups is 1. The Morgan fingerprint density at radius 3 is 2.22 bits per heavy atom. The van der Waals surface area contributed by atoms with E-state index in [0.717, 1.165) is 0 Å². The molecule has 1 fully saturated rings. The third-order valence-electron chi connectivity index (χ3n) is 1.53. The van der Waals surface area contributed by atoms with Crippen molar-refractivity contribution in [1.29, 1.82) is 0 Å². The van der Waals surface area contributed by atoms with E-state index >= 15 is 0 Å². The van der Waals surface area contributed by atoms with Crippen molar-refractivity contribution in [2.45, 2.75) is 19.5 Å². The van der Waals surface area contributed by atoms with Gasteiger partial charge in [0.25, 0.3) is 0 Å². The molecule has 0 aromatic heterocycles.